The summed E-state index contributed by atoms with van der Waals surface area (Å²) >= 11 is 0. The molecule has 264 valence electrons. The van der Waals surface area contributed by atoms with Gasteiger partial charge in [0, 0.05) is 46.6 Å². The van der Waals surface area contributed by atoms with Crippen LogP contribution in [0.1, 0.15) is 40.2 Å². The topological polar surface area (TPSA) is 185 Å². The molecule has 49 heavy (non-hydrogen) atoms. The van der Waals surface area contributed by atoms with Crippen LogP contribution in [0.2, 0.25) is 0 Å². The van der Waals surface area contributed by atoms with E-state index in [1.54, 1.807) is 36.4 Å². The summed E-state index contributed by atoms with van der Waals surface area (Å²) in [6.45, 7) is 5.12. The van der Waals surface area contributed by atoms with Crippen molar-refractivity contribution in [2.24, 2.45) is 11.8 Å². The van der Waals surface area contributed by atoms with Gasteiger partial charge in [-0.2, -0.15) is 0 Å². The molecule has 0 aromatic heterocycles. The Kier molecular flexibility index (Phi) is 12.7. The van der Waals surface area contributed by atoms with Crippen LogP contribution in [0.15, 0.2) is 60.4 Å². The van der Waals surface area contributed by atoms with Gasteiger partial charge in [-0.15, -0.1) is 0 Å². The van der Waals surface area contributed by atoms with Crippen molar-refractivity contribution in [2.75, 3.05) is 13.2 Å². The molecule has 9 unspecified atom stereocenters. The molecule has 0 spiro atoms. The molecule has 2 aliphatic heterocycles. The third kappa shape index (κ3) is 10.2. The molecule has 0 bridgehead atoms. The van der Waals surface area contributed by atoms with Crippen LogP contribution in [0, 0.1) is 11.8 Å². The SMILES string of the molecule is CC(=O)OCC1=CC(OC(C)=O)C2C=COC(OC3OC(COC(=O)/C=C/c4ccccc4)C(OC(C)=O)C(OC(C)=O)C3OC(C)=O)C12. The summed E-state index contributed by atoms with van der Waals surface area (Å²) < 4.78 is 50.9. The number of ether oxygens (including phenoxy) is 9. The van der Waals surface area contributed by atoms with Crippen molar-refractivity contribution in [3.63, 3.8) is 0 Å². The van der Waals surface area contributed by atoms with E-state index in [1.165, 1.54) is 32.3 Å². The van der Waals surface area contributed by atoms with Gasteiger partial charge in [0.15, 0.2) is 18.3 Å². The maximum Gasteiger partial charge on any atom is 0.330 e. The summed E-state index contributed by atoms with van der Waals surface area (Å²) in [5, 5.41) is 0. The summed E-state index contributed by atoms with van der Waals surface area (Å²) in [4.78, 5) is 73.0. The Morgan fingerprint density at radius 1 is 0.735 bits per heavy atom. The quantitative estimate of drug-likeness (QED) is 0.135. The fourth-order valence-electron chi connectivity index (χ4n) is 5.69. The number of carbonyl (C=O) groups excluding carboxylic acids is 6. The molecule has 4 rings (SSSR count). The zero-order chi connectivity index (χ0) is 35.7. The molecule has 0 saturated carbocycles. The fourth-order valence-corrected chi connectivity index (χ4v) is 5.69. The Morgan fingerprint density at radius 2 is 1.37 bits per heavy atom. The minimum absolute atomic E-state index is 0.177. The van der Waals surface area contributed by atoms with Gasteiger partial charge < -0.3 is 42.6 Å². The van der Waals surface area contributed by atoms with E-state index in [2.05, 4.69) is 0 Å². The van der Waals surface area contributed by atoms with Crippen LogP contribution in [0.3, 0.4) is 0 Å². The number of hydrogen-bond acceptors (Lipinski definition) is 15. The Morgan fingerprint density at radius 3 is 2.00 bits per heavy atom. The highest BCUT2D eigenvalue weighted by atomic mass is 16.8. The predicted molar refractivity (Wildman–Crippen MR) is 164 cm³/mol. The van der Waals surface area contributed by atoms with Crippen LogP contribution in [0.4, 0.5) is 0 Å². The lowest BCUT2D eigenvalue weighted by atomic mass is 9.88. The summed E-state index contributed by atoms with van der Waals surface area (Å²) in [6, 6.07) is 8.98. The van der Waals surface area contributed by atoms with E-state index in [4.69, 9.17) is 42.6 Å². The Balaban J connectivity index is 1.64. The second-order valence-corrected chi connectivity index (χ2v) is 11.3. The van der Waals surface area contributed by atoms with Gasteiger partial charge in [-0.3, -0.25) is 24.0 Å². The van der Waals surface area contributed by atoms with E-state index in [9.17, 15) is 28.8 Å². The first kappa shape index (κ1) is 36.8. The number of hydrogen-bond donors (Lipinski definition) is 0. The van der Waals surface area contributed by atoms with Gasteiger partial charge in [0.2, 0.25) is 12.6 Å². The first-order valence-electron chi connectivity index (χ1n) is 15.4. The number of fused-ring (bicyclic) bond motifs is 1. The normalized spacial score (nSPS) is 28.7. The molecule has 15 nitrogen and oxygen atoms in total. The van der Waals surface area contributed by atoms with E-state index < -0.39 is 97.4 Å². The average molecular weight is 687 g/mol. The number of carbonyl (C=O) groups is 6. The molecule has 0 N–H and O–H groups in total. The standard InChI is InChI=1S/C34H38O15/c1-18(35)42-16-24-15-26(44-19(2)36)25-13-14-41-33(29(24)25)49-34-32(47-22(5)39)31(46-21(4)38)30(45-20(3)37)27(48-34)17-43-28(40)12-11-23-9-7-6-8-10-23/h6-15,25-27,29-34H,16-17H2,1-5H3/b12-11+. The minimum Gasteiger partial charge on any atom is -0.472 e. The lowest BCUT2D eigenvalue weighted by molar-refractivity contribution is -0.342. The van der Waals surface area contributed by atoms with Crippen molar-refractivity contribution >= 4 is 41.9 Å². The first-order chi connectivity index (χ1) is 23.3. The highest BCUT2D eigenvalue weighted by molar-refractivity contribution is 5.87. The van der Waals surface area contributed by atoms with E-state index >= 15 is 0 Å². The van der Waals surface area contributed by atoms with Crippen LogP contribution in [-0.2, 0) is 71.4 Å². The molecule has 1 saturated heterocycles. The van der Waals surface area contributed by atoms with Crippen LogP contribution in [-0.4, -0.2) is 92.1 Å². The summed E-state index contributed by atoms with van der Waals surface area (Å²) in [6.07, 6.45) is -1.93. The molecule has 3 aliphatic rings. The molecule has 1 aliphatic carbocycles. The highest BCUT2D eigenvalue weighted by Gasteiger charge is 2.55. The lowest BCUT2D eigenvalue weighted by Crippen LogP contribution is -2.63. The van der Waals surface area contributed by atoms with Crippen molar-refractivity contribution in [1.82, 2.24) is 0 Å². The smallest absolute Gasteiger partial charge is 0.330 e. The van der Waals surface area contributed by atoms with Crippen LogP contribution in [0.5, 0.6) is 0 Å². The monoisotopic (exact) mass is 686 g/mol. The average Bonchev–Trinajstić information content (AvgIpc) is 3.38. The van der Waals surface area contributed by atoms with Crippen molar-refractivity contribution in [2.45, 2.75) is 77.7 Å². The minimum atomic E-state index is -1.57. The van der Waals surface area contributed by atoms with Crippen LogP contribution in [0.25, 0.3) is 6.08 Å². The van der Waals surface area contributed by atoms with E-state index in [0.29, 0.717) is 5.57 Å². The van der Waals surface area contributed by atoms with Crippen molar-refractivity contribution in [3.05, 3.63) is 66.0 Å². The molecule has 2 heterocycles. The van der Waals surface area contributed by atoms with E-state index in [1.807, 2.05) is 6.07 Å². The van der Waals surface area contributed by atoms with Crippen molar-refractivity contribution < 1.29 is 71.4 Å². The third-order valence-corrected chi connectivity index (χ3v) is 7.52. The lowest BCUT2D eigenvalue weighted by Gasteiger charge is -2.45. The van der Waals surface area contributed by atoms with Crippen molar-refractivity contribution in [1.29, 1.82) is 0 Å². The Labute approximate surface area is 282 Å². The molecular formula is C34H38O15. The molecule has 0 amide bonds. The van der Waals surface area contributed by atoms with Gasteiger partial charge >= 0.3 is 35.8 Å². The Hall–Kier alpha value is -5.02. The molecule has 1 fully saturated rings. The summed E-state index contributed by atoms with van der Waals surface area (Å²) in [5.74, 6) is -5.50. The van der Waals surface area contributed by atoms with Gasteiger partial charge in [0.1, 0.15) is 25.4 Å². The van der Waals surface area contributed by atoms with Gasteiger partial charge in [-0.05, 0) is 29.4 Å². The summed E-state index contributed by atoms with van der Waals surface area (Å²) in [7, 11) is 0. The maximum absolute atomic E-state index is 12.7. The molecular weight excluding hydrogens is 648 g/mol. The van der Waals surface area contributed by atoms with E-state index in [-0.39, 0.29) is 6.61 Å². The second kappa shape index (κ2) is 16.9. The maximum atomic E-state index is 12.7. The number of esters is 6. The largest absolute Gasteiger partial charge is 0.472 e. The van der Waals surface area contributed by atoms with E-state index in [0.717, 1.165) is 26.3 Å². The molecule has 9 atom stereocenters. The number of benzene rings is 1. The van der Waals surface area contributed by atoms with Gasteiger partial charge in [-0.25, -0.2) is 4.79 Å². The number of rotatable bonds is 12. The molecule has 1 aromatic rings. The Bertz CT molecular complexity index is 1480. The summed E-state index contributed by atoms with van der Waals surface area (Å²) in [5.41, 5.74) is 1.24. The van der Waals surface area contributed by atoms with Crippen molar-refractivity contribution in [3.8, 4) is 0 Å². The zero-order valence-corrected chi connectivity index (χ0v) is 27.5. The van der Waals surface area contributed by atoms with Gasteiger partial charge in [0.05, 0.1) is 12.2 Å². The molecule has 1 aromatic carbocycles. The first-order valence-corrected chi connectivity index (χ1v) is 15.4. The highest BCUT2D eigenvalue weighted by Crippen LogP contribution is 2.43. The molecule has 0 radical (unpaired) electrons. The second-order valence-electron chi connectivity index (χ2n) is 11.3. The van der Waals surface area contributed by atoms with Crippen LogP contribution < -0.4 is 0 Å². The van der Waals surface area contributed by atoms with Crippen LogP contribution >= 0.6 is 0 Å². The predicted octanol–water partition coefficient (Wildman–Crippen LogP) is 2.32. The molecule has 15 heteroatoms. The fraction of sp³-hybridized carbons (Fsp3) is 0.471. The van der Waals surface area contributed by atoms with Gasteiger partial charge in [0.25, 0.3) is 0 Å². The zero-order valence-electron chi connectivity index (χ0n) is 27.5. The van der Waals surface area contributed by atoms with Gasteiger partial charge in [-0.1, -0.05) is 30.3 Å². The third-order valence-electron chi connectivity index (χ3n) is 7.52.